The molecule has 0 radical (unpaired) electrons. The lowest BCUT2D eigenvalue weighted by molar-refractivity contribution is 0.355. The number of aryl methyl sites for hydroxylation is 1. The SMILES string of the molecule is Cc1nc(CC2CCCCC2)c(N)n1C(C)C. The van der Waals surface area contributed by atoms with Crippen LogP contribution >= 0.6 is 0 Å². The lowest BCUT2D eigenvalue weighted by Gasteiger charge is -2.20. The van der Waals surface area contributed by atoms with E-state index >= 15 is 0 Å². The first-order valence-electron chi connectivity index (χ1n) is 6.92. The summed E-state index contributed by atoms with van der Waals surface area (Å²) in [5.74, 6) is 2.76. The van der Waals surface area contributed by atoms with Crippen LogP contribution in [0.4, 0.5) is 5.82 Å². The average molecular weight is 235 g/mol. The summed E-state index contributed by atoms with van der Waals surface area (Å²) in [6, 6.07) is 0.405. The fraction of sp³-hybridized carbons (Fsp3) is 0.786. The van der Waals surface area contributed by atoms with Crippen LogP contribution < -0.4 is 5.73 Å². The van der Waals surface area contributed by atoms with Crippen LogP contribution in [0.5, 0.6) is 0 Å². The molecule has 1 aliphatic rings. The molecule has 0 atom stereocenters. The van der Waals surface area contributed by atoms with E-state index in [9.17, 15) is 0 Å². The molecule has 3 heteroatoms. The third-order valence-corrected chi connectivity index (χ3v) is 3.92. The molecule has 0 saturated heterocycles. The summed E-state index contributed by atoms with van der Waals surface area (Å²) >= 11 is 0. The number of nitrogens with two attached hydrogens (primary N) is 1. The number of hydrogen-bond acceptors (Lipinski definition) is 2. The quantitative estimate of drug-likeness (QED) is 0.871. The van der Waals surface area contributed by atoms with Crippen molar-refractivity contribution in [3.8, 4) is 0 Å². The molecule has 2 N–H and O–H groups in total. The van der Waals surface area contributed by atoms with Gasteiger partial charge in [-0.2, -0.15) is 0 Å². The Hall–Kier alpha value is -0.990. The first-order valence-corrected chi connectivity index (χ1v) is 6.92. The van der Waals surface area contributed by atoms with Gasteiger partial charge in [0.05, 0.1) is 5.69 Å². The van der Waals surface area contributed by atoms with Crippen LogP contribution in [-0.2, 0) is 6.42 Å². The third-order valence-electron chi connectivity index (χ3n) is 3.92. The van der Waals surface area contributed by atoms with Crippen LogP contribution in [0.3, 0.4) is 0 Å². The summed E-state index contributed by atoms with van der Waals surface area (Å²) in [6.07, 6.45) is 7.96. The molecule has 96 valence electrons. The zero-order chi connectivity index (χ0) is 12.4. The van der Waals surface area contributed by atoms with Crippen molar-refractivity contribution in [1.29, 1.82) is 0 Å². The number of hydrogen-bond donors (Lipinski definition) is 1. The van der Waals surface area contributed by atoms with Gasteiger partial charge in [-0.1, -0.05) is 32.1 Å². The molecule has 0 aliphatic heterocycles. The lowest BCUT2D eigenvalue weighted by atomic mass is 9.86. The summed E-state index contributed by atoms with van der Waals surface area (Å²) in [6.45, 7) is 6.38. The highest BCUT2D eigenvalue weighted by atomic mass is 15.2. The van der Waals surface area contributed by atoms with Gasteiger partial charge < -0.3 is 10.3 Å². The van der Waals surface area contributed by atoms with Crippen molar-refractivity contribution in [2.24, 2.45) is 5.92 Å². The second-order valence-corrected chi connectivity index (χ2v) is 5.66. The lowest BCUT2D eigenvalue weighted by Crippen LogP contribution is -2.12. The predicted octanol–water partition coefficient (Wildman–Crippen LogP) is 3.48. The van der Waals surface area contributed by atoms with Gasteiger partial charge in [0, 0.05) is 6.04 Å². The number of nitrogen functional groups attached to an aromatic ring is 1. The Morgan fingerprint density at radius 1 is 1.29 bits per heavy atom. The van der Waals surface area contributed by atoms with Gasteiger partial charge in [0.1, 0.15) is 11.6 Å². The normalized spacial score (nSPS) is 17.9. The van der Waals surface area contributed by atoms with E-state index in [1.54, 1.807) is 0 Å². The van der Waals surface area contributed by atoms with Crippen molar-refractivity contribution in [2.75, 3.05) is 5.73 Å². The number of anilines is 1. The second-order valence-electron chi connectivity index (χ2n) is 5.66. The molecule has 0 aromatic carbocycles. The van der Waals surface area contributed by atoms with E-state index in [1.807, 2.05) is 0 Å². The van der Waals surface area contributed by atoms with Gasteiger partial charge in [0.15, 0.2) is 0 Å². The number of nitrogens with zero attached hydrogens (tertiary/aromatic N) is 2. The molecule has 0 amide bonds. The monoisotopic (exact) mass is 235 g/mol. The Balaban J connectivity index is 2.13. The Labute approximate surface area is 104 Å². The van der Waals surface area contributed by atoms with Crippen molar-refractivity contribution in [3.63, 3.8) is 0 Å². The van der Waals surface area contributed by atoms with E-state index in [2.05, 4.69) is 30.3 Å². The van der Waals surface area contributed by atoms with E-state index in [0.717, 1.165) is 29.7 Å². The number of aromatic nitrogens is 2. The van der Waals surface area contributed by atoms with E-state index < -0.39 is 0 Å². The fourth-order valence-corrected chi connectivity index (χ4v) is 3.09. The number of rotatable bonds is 3. The molecule has 1 saturated carbocycles. The topological polar surface area (TPSA) is 43.8 Å². The molecule has 0 spiro atoms. The van der Waals surface area contributed by atoms with Crippen LogP contribution in [0.2, 0.25) is 0 Å². The third kappa shape index (κ3) is 2.64. The fourth-order valence-electron chi connectivity index (χ4n) is 3.09. The maximum absolute atomic E-state index is 6.22. The standard InChI is InChI=1S/C14H25N3/c1-10(2)17-11(3)16-13(14(17)15)9-12-7-5-4-6-8-12/h10,12H,4-9,15H2,1-3H3. The van der Waals surface area contributed by atoms with Crippen LogP contribution in [0, 0.1) is 12.8 Å². The Morgan fingerprint density at radius 2 is 1.94 bits per heavy atom. The van der Waals surface area contributed by atoms with E-state index in [0.29, 0.717) is 6.04 Å². The van der Waals surface area contributed by atoms with Crippen molar-refractivity contribution in [2.45, 2.75) is 65.3 Å². The summed E-state index contributed by atoms with van der Waals surface area (Å²) in [5, 5.41) is 0. The van der Waals surface area contributed by atoms with Crippen LogP contribution in [0.25, 0.3) is 0 Å². The van der Waals surface area contributed by atoms with E-state index in [4.69, 9.17) is 5.73 Å². The minimum atomic E-state index is 0.405. The van der Waals surface area contributed by atoms with Crippen molar-refractivity contribution in [1.82, 2.24) is 9.55 Å². The first-order chi connectivity index (χ1) is 8.09. The molecule has 3 nitrogen and oxygen atoms in total. The highest BCUT2D eigenvalue weighted by Gasteiger charge is 2.19. The van der Waals surface area contributed by atoms with Gasteiger partial charge in [-0.25, -0.2) is 4.98 Å². The molecule has 1 aromatic heterocycles. The molecule has 1 fully saturated rings. The summed E-state index contributed by atoms with van der Waals surface area (Å²) < 4.78 is 2.15. The molecular formula is C14H25N3. The molecule has 1 aromatic rings. The van der Waals surface area contributed by atoms with Crippen molar-refractivity contribution in [3.05, 3.63) is 11.5 Å². The number of imidazole rings is 1. The van der Waals surface area contributed by atoms with Gasteiger partial charge >= 0.3 is 0 Å². The smallest absolute Gasteiger partial charge is 0.127 e. The van der Waals surface area contributed by atoms with Crippen molar-refractivity contribution < 1.29 is 0 Å². The van der Waals surface area contributed by atoms with Crippen LogP contribution in [-0.4, -0.2) is 9.55 Å². The molecule has 1 aliphatic carbocycles. The van der Waals surface area contributed by atoms with Crippen molar-refractivity contribution >= 4 is 5.82 Å². The Morgan fingerprint density at radius 3 is 2.47 bits per heavy atom. The van der Waals surface area contributed by atoms with Crippen LogP contribution in [0.15, 0.2) is 0 Å². The van der Waals surface area contributed by atoms with Gasteiger partial charge in [0.25, 0.3) is 0 Å². The zero-order valence-corrected chi connectivity index (χ0v) is 11.4. The molecular weight excluding hydrogens is 210 g/mol. The molecule has 0 unspecified atom stereocenters. The highest BCUT2D eigenvalue weighted by molar-refractivity contribution is 5.39. The minimum absolute atomic E-state index is 0.405. The van der Waals surface area contributed by atoms with Gasteiger partial charge in [0.2, 0.25) is 0 Å². The molecule has 1 heterocycles. The molecule has 17 heavy (non-hydrogen) atoms. The van der Waals surface area contributed by atoms with Gasteiger partial charge in [-0.15, -0.1) is 0 Å². The maximum atomic E-state index is 6.22. The Kier molecular flexibility index (Phi) is 3.75. The highest BCUT2D eigenvalue weighted by Crippen LogP contribution is 2.29. The van der Waals surface area contributed by atoms with Gasteiger partial charge in [-0.05, 0) is 33.1 Å². The van der Waals surface area contributed by atoms with Gasteiger partial charge in [-0.3, -0.25) is 0 Å². The summed E-state index contributed by atoms with van der Waals surface area (Å²) in [7, 11) is 0. The molecule has 0 bridgehead atoms. The minimum Gasteiger partial charge on any atom is -0.384 e. The summed E-state index contributed by atoms with van der Waals surface area (Å²) in [4.78, 5) is 4.66. The predicted molar refractivity (Wildman–Crippen MR) is 72.0 cm³/mol. The average Bonchev–Trinajstić information content (AvgIpc) is 2.55. The van der Waals surface area contributed by atoms with Crippen LogP contribution in [0.1, 0.15) is 63.5 Å². The maximum Gasteiger partial charge on any atom is 0.127 e. The van der Waals surface area contributed by atoms with E-state index in [-0.39, 0.29) is 0 Å². The first kappa shape index (κ1) is 12.5. The molecule has 2 rings (SSSR count). The second kappa shape index (κ2) is 5.11. The largest absolute Gasteiger partial charge is 0.384 e. The summed E-state index contributed by atoms with van der Waals surface area (Å²) in [5.41, 5.74) is 7.35. The van der Waals surface area contributed by atoms with E-state index in [1.165, 1.54) is 32.1 Å². The Bertz CT molecular complexity index is 373. The zero-order valence-electron chi connectivity index (χ0n) is 11.4.